The number of H-pyrrole nitrogens is 1. The molecule has 0 radical (unpaired) electrons. The predicted molar refractivity (Wildman–Crippen MR) is 131 cm³/mol. The van der Waals surface area contributed by atoms with Crippen molar-refractivity contribution in [2.45, 2.75) is 19.9 Å². The minimum Gasteiger partial charge on any atom is -0.360 e. The molecule has 3 aromatic carbocycles. The van der Waals surface area contributed by atoms with Gasteiger partial charge in [-0.1, -0.05) is 66.7 Å². The van der Waals surface area contributed by atoms with Gasteiger partial charge in [0.15, 0.2) is 0 Å². The molecule has 0 saturated carbocycles. The average molecular weight is 450 g/mol. The first-order chi connectivity index (χ1) is 16.6. The van der Waals surface area contributed by atoms with Crippen molar-refractivity contribution in [1.82, 2.24) is 25.3 Å². The number of aryl methyl sites for hydroxylation is 1. The third kappa shape index (κ3) is 4.23. The summed E-state index contributed by atoms with van der Waals surface area (Å²) >= 11 is 0. The third-order valence-electron chi connectivity index (χ3n) is 5.84. The number of amides is 1. The summed E-state index contributed by atoms with van der Waals surface area (Å²) < 4.78 is 1.65. The number of aromatic nitrogens is 4. The Morgan fingerprint density at radius 3 is 2.38 bits per heavy atom. The third-order valence-corrected chi connectivity index (χ3v) is 5.84. The van der Waals surface area contributed by atoms with Gasteiger partial charge in [-0.25, -0.2) is 4.68 Å². The van der Waals surface area contributed by atoms with E-state index in [2.05, 4.69) is 51.8 Å². The lowest BCUT2D eigenvalue weighted by Crippen LogP contribution is -2.30. The Hall–Kier alpha value is -4.52. The first-order valence-electron chi connectivity index (χ1n) is 11.1. The molecule has 5 rings (SSSR count). The van der Waals surface area contributed by atoms with E-state index in [1.807, 2.05) is 48.5 Å². The van der Waals surface area contributed by atoms with Gasteiger partial charge >= 0.3 is 0 Å². The SMILES string of the molecule is CCc1ccc(-c2ccc(-n3cc(CNC(=O)C(=O)c4c[nH]c5ccccc45)nn3)cc2)cc1. The normalized spacial score (nSPS) is 11.0. The molecule has 1 amide bonds. The second-order valence-corrected chi connectivity index (χ2v) is 8.01. The van der Waals surface area contributed by atoms with E-state index in [0.717, 1.165) is 34.1 Å². The number of ketones is 1. The van der Waals surface area contributed by atoms with Gasteiger partial charge in [-0.2, -0.15) is 0 Å². The minimum atomic E-state index is -0.683. The van der Waals surface area contributed by atoms with Gasteiger partial charge in [0.1, 0.15) is 5.69 Å². The summed E-state index contributed by atoms with van der Waals surface area (Å²) in [5.74, 6) is -1.27. The summed E-state index contributed by atoms with van der Waals surface area (Å²) in [5, 5.41) is 11.6. The van der Waals surface area contributed by atoms with Gasteiger partial charge < -0.3 is 10.3 Å². The molecular formula is C27H23N5O2. The van der Waals surface area contributed by atoms with Crippen LogP contribution in [0.3, 0.4) is 0 Å². The van der Waals surface area contributed by atoms with Crippen LogP contribution in [-0.2, 0) is 17.8 Å². The van der Waals surface area contributed by atoms with Gasteiger partial charge in [0.2, 0.25) is 0 Å². The quantitative estimate of drug-likeness (QED) is 0.283. The fourth-order valence-corrected chi connectivity index (χ4v) is 3.88. The lowest BCUT2D eigenvalue weighted by Gasteiger charge is -2.05. The van der Waals surface area contributed by atoms with Crippen molar-refractivity contribution in [3.05, 3.63) is 102 Å². The van der Waals surface area contributed by atoms with Gasteiger partial charge in [0.25, 0.3) is 11.7 Å². The van der Waals surface area contributed by atoms with Crippen LogP contribution in [0.25, 0.3) is 27.7 Å². The number of nitrogens with zero attached hydrogens (tertiary/aromatic N) is 3. The molecule has 0 spiro atoms. The van der Waals surface area contributed by atoms with Crippen LogP contribution in [0, 0.1) is 0 Å². The van der Waals surface area contributed by atoms with E-state index in [4.69, 9.17) is 0 Å². The summed E-state index contributed by atoms with van der Waals surface area (Å²) in [5.41, 5.74) is 6.16. The molecule has 0 aliphatic heterocycles. The van der Waals surface area contributed by atoms with E-state index >= 15 is 0 Å². The number of hydrogen-bond acceptors (Lipinski definition) is 4. The monoisotopic (exact) mass is 449 g/mol. The first-order valence-corrected chi connectivity index (χ1v) is 11.1. The van der Waals surface area contributed by atoms with Crippen molar-refractivity contribution in [3.8, 4) is 16.8 Å². The highest BCUT2D eigenvalue weighted by Gasteiger charge is 2.20. The lowest BCUT2D eigenvalue weighted by atomic mass is 10.0. The van der Waals surface area contributed by atoms with Crippen LogP contribution < -0.4 is 5.32 Å². The number of hydrogen-bond donors (Lipinski definition) is 2. The highest BCUT2D eigenvalue weighted by atomic mass is 16.2. The Kier molecular flexibility index (Phi) is 5.74. The standard InChI is InChI=1S/C27H23N5O2/c1-2-18-7-9-19(10-8-18)20-11-13-22(14-12-20)32-17-21(30-31-32)15-29-27(34)26(33)24-16-28-25-6-4-3-5-23(24)25/h3-14,16-17,28H,2,15H2,1H3,(H,29,34). The summed E-state index contributed by atoms with van der Waals surface area (Å²) in [4.78, 5) is 28.0. The zero-order chi connectivity index (χ0) is 23.5. The highest BCUT2D eigenvalue weighted by molar-refractivity contribution is 6.44. The Labute approximate surface area is 196 Å². The number of aromatic amines is 1. The number of benzene rings is 3. The maximum Gasteiger partial charge on any atom is 0.292 e. The van der Waals surface area contributed by atoms with E-state index in [9.17, 15) is 9.59 Å². The number of Topliss-reactive ketones (excluding diaryl/α,β-unsaturated/α-hetero) is 1. The van der Waals surface area contributed by atoms with Crippen LogP contribution in [0.1, 0.15) is 28.5 Å². The number of nitrogens with one attached hydrogen (secondary N) is 2. The van der Waals surface area contributed by atoms with Gasteiger partial charge in [-0.05, 0) is 41.3 Å². The predicted octanol–water partition coefficient (Wildman–Crippen LogP) is 4.48. The van der Waals surface area contributed by atoms with Gasteiger partial charge in [0.05, 0.1) is 24.0 Å². The molecule has 5 aromatic rings. The van der Waals surface area contributed by atoms with Crippen molar-refractivity contribution < 1.29 is 9.59 Å². The van der Waals surface area contributed by atoms with Crippen molar-refractivity contribution >= 4 is 22.6 Å². The molecule has 2 aromatic heterocycles. The summed E-state index contributed by atoms with van der Waals surface area (Å²) in [6.45, 7) is 2.25. The molecule has 0 saturated heterocycles. The first kappa shape index (κ1) is 21.3. The van der Waals surface area contributed by atoms with Crippen LogP contribution in [-0.4, -0.2) is 31.7 Å². The smallest absolute Gasteiger partial charge is 0.292 e. The van der Waals surface area contributed by atoms with Gasteiger partial charge in [-0.3, -0.25) is 9.59 Å². The fourth-order valence-electron chi connectivity index (χ4n) is 3.88. The zero-order valence-corrected chi connectivity index (χ0v) is 18.7. The molecule has 0 bridgehead atoms. The molecule has 168 valence electrons. The van der Waals surface area contributed by atoms with Crippen molar-refractivity contribution in [3.63, 3.8) is 0 Å². The van der Waals surface area contributed by atoms with Gasteiger partial charge in [-0.15, -0.1) is 5.10 Å². The summed E-state index contributed by atoms with van der Waals surface area (Å²) in [6, 6.07) is 23.9. The van der Waals surface area contributed by atoms with Crippen molar-refractivity contribution in [2.24, 2.45) is 0 Å². The summed E-state index contributed by atoms with van der Waals surface area (Å²) in [7, 11) is 0. The van der Waals surface area contributed by atoms with Crippen LogP contribution in [0.5, 0.6) is 0 Å². The Morgan fingerprint density at radius 1 is 0.941 bits per heavy atom. The largest absolute Gasteiger partial charge is 0.360 e. The zero-order valence-electron chi connectivity index (χ0n) is 18.7. The molecular weight excluding hydrogens is 426 g/mol. The number of carbonyl (C=O) groups excluding carboxylic acids is 2. The Bertz CT molecular complexity index is 1460. The average Bonchev–Trinajstić information content (AvgIpc) is 3.54. The minimum absolute atomic E-state index is 0.106. The fraction of sp³-hybridized carbons (Fsp3) is 0.111. The molecule has 0 unspecified atom stereocenters. The van der Waals surface area contributed by atoms with Crippen LogP contribution in [0.4, 0.5) is 0 Å². The van der Waals surface area contributed by atoms with Crippen molar-refractivity contribution in [1.29, 1.82) is 0 Å². The topological polar surface area (TPSA) is 92.7 Å². The van der Waals surface area contributed by atoms with E-state index in [-0.39, 0.29) is 6.54 Å². The number of carbonyl (C=O) groups is 2. The maximum absolute atomic E-state index is 12.6. The Morgan fingerprint density at radius 2 is 1.65 bits per heavy atom. The van der Waals surface area contributed by atoms with Crippen LogP contribution in [0.2, 0.25) is 0 Å². The number of para-hydroxylation sites is 1. The van der Waals surface area contributed by atoms with Crippen molar-refractivity contribution in [2.75, 3.05) is 0 Å². The van der Waals surface area contributed by atoms with E-state index < -0.39 is 11.7 Å². The second-order valence-electron chi connectivity index (χ2n) is 8.01. The number of fused-ring (bicyclic) bond motifs is 1. The van der Waals surface area contributed by atoms with E-state index in [1.165, 1.54) is 5.56 Å². The lowest BCUT2D eigenvalue weighted by molar-refractivity contribution is -0.117. The second kappa shape index (κ2) is 9.15. The molecule has 7 nitrogen and oxygen atoms in total. The van der Waals surface area contributed by atoms with Gasteiger partial charge in [0, 0.05) is 17.1 Å². The van der Waals surface area contributed by atoms with E-state index in [1.54, 1.807) is 17.1 Å². The molecule has 0 fully saturated rings. The number of rotatable bonds is 7. The molecule has 34 heavy (non-hydrogen) atoms. The molecule has 0 atom stereocenters. The Balaban J connectivity index is 1.23. The molecule has 7 heteroatoms. The highest BCUT2D eigenvalue weighted by Crippen LogP contribution is 2.22. The maximum atomic E-state index is 12.6. The van der Waals surface area contributed by atoms with Crippen LogP contribution >= 0.6 is 0 Å². The molecule has 0 aliphatic carbocycles. The van der Waals surface area contributed by atoms with Crippen LogP contribution in [0.15, 0.2) is 85.2 Å². The molecule has 0 aliphatic rings. The van der Waals surface area contributed by atoms with E-state index in [0.29, 0.717) is 11.3 Å². The molecule has 2 heterocycles. The summed E-state index contributed by atoms with van der Waals surface area (Å²) in [6.07, 6.45) is 4.32. The molecule has 2 N–H and O–H groups in total.